The second kappa shape index (κ2) is 7.90. The Bertz CT molecular complexity index is 472. The van der Waals surface area contributed by atoms with Crippen molar-refractivity contribution in [3.8, 4) is 0 Å². The summed E-state index contributed by atoms with van der Waals surface area (Å²) in [5, 5.41) is 5.77. The van der Waals surface area contributed by atoms with Crippen LogP contribution < -0.4 is 10.6 Å². The third-order valence-corrected chi connectivity index (χ3v) is 2.96. The fraction of sp³-hybridized carbons (Fsp3) is 0.533. The van der Waals surface area contributed by atoms with Gasteiger partial charge in [0.2, 0.25) is 0 Å². The van der Waals surface area contributed by atoms with Gasteiger partial charge in [0.25, 0.3) is 5.91 Å². The molecule has 0 aromatic heterocycles. The van der Waals surface area contributed by atoms with E-state index in [1.54, 1.807) is 6.07 Å². The van der Waals surface area contributed by atoms with Gasteiger partial charge in [-0.3, -0.25) is 4.79 Å². The molecule has 1 aromatic rings. The topological polar surface area (TPSA) is 41.1 Å². The molecule has 118 valence electrons. The van der Waals surface area contributed by atoms with Crippen molar-refractivity contribution in [3.63, 3.8) is 0 Å². The van der Waals surface area contributed by atoms with Crippen molar-refractivity contribution < 1.29 is 18.0 Å². The molecule has 0 bridgehead atoms. The average Bonchev–Trinajstić information content (AvgIpc) is 2.37. The Morgan fingerprint density at radius 3 is 2.57 bits per heavy atom. The second-order valence-electron chi connectivity index (χ2n) is 4.91. The molecule has 0 aliphatic carbocycles. The first kappa shape index (κ1) is 17.3. The molecule has 0 heterocycles. The Balaban J connectivity index is 2.48. The molecule has 3 nitrogen and oxygen atoms in total. The molecule has 2 N–H and O–H groups in total. The van der Waals surface area contributed by atoms with Crippen molar-refractivity contribution in [2.75, 3.05) is 18.4 Å². The van der Waals surface area contributed by atoms with Crippen LogP contribution in [0.5, 0.6) is 0 Å². The van der Waals surface area contributed by atoms with E-state index in [4.69, 9.17) is 0 Å². The number of nitrogens with one attached hydrogen (secondary N) is 2. The van der Waals surface area contributed by atoms with Crippen LogP contribution in [0.25, 0.3) is 0 Å². The van der Waals surface area contributed by atoms with E-state index in [2.05, 4.69) is 10.6 Å². The van der Waals surface area contributed by atoms with E-state index < -0.39 is 12.6 Å². The molecular formula is C15H21F3N2O. The molecule has 0 radical (unpaired) electrons. The van der Waals surface area contributed by atoms with Crippen LogP contribution in [0.4, 0.5) is 18.9 Å². The lowest BCUT2D eigenvalue weighted by atomic mass is 10.1. The molecule has 0 aliphatic heterocycles. The van der Waals surface area contributed by atoms with Gasteiger partial charge in [-0.05, 0) is 44.4 Å². The van der Waals surface area contributed by atoms with E-state index in [1.807, 2.05) is 26.0 Å². The number of unbranched alkanes of at least 4 members (excludes halogenated alkanes) is 1. The summed E-state index contributed by atoms with van der Waals surface area (Å²) in [7, 11) is 0. The number of hydrogen-bond acceptors (Lipinski definition) is 2. The third-order valence-electron chi connectivity index (χ3n) is 2.96. The van der Waals surface area contributed by atoms with E-state index in [0.717, 1.165) is 11.3 Å². The first-order valence-corrected chi connectivity index (χ1v) is 7.03. The molecule has 0 aliphatic rings. The molecule has 0 saturated heterocycles. The Labute approximate surface area is 122 Å². The summed E-state index contributed by atoms with van der Waals surface area (Å²) < 4.78 is 36.0. The van der Waals surface area contributed by atoms with Crippen molar-refractivity contribution in [2.24, 2.45) is 0 Å². The first-order chi connectivity index (χ1) is 9.83. The molecule has 21 heavy (non-hydrogen) atoms. The number of hydrogen-bond donors (Lipinski definition) is 2. The fourth-order valence-corrected chi connectivity index (χ4v) is 1.94. The van der Waals surface area contributed by atoms with Gasteiger partial charge in [0.05, 0.1) is 5.56 Å². The highest BCUT2D eigenvalue weighted by atomic mass is 19.4. The highest BCUT2D eigenvalue weighted by Crippen LogP contribution is 2.22. The molecule has 0 fully saturated rings. The molecule has 0 saturated carbocycles. The van der Waals surface area contributed by atoms with E-state index in [0.29, 0.717) is 18.5 Å². The van der Waals surface area contributed by atoms with Crippen LogP contribution in [0.2, 0.25) is 0 Å². The van der Waals surface area contributed by atoms with Crippen LogP contribution in [0, 0.1) is 6.92 Å². The molecule has 0 atom stereocenters. The molecular weight excluding hydrogens is 281 g/mol. The van der Waals surface area contributed by atoms with Gasteiger partial charge in [-0.2, -0.15) is 13.2 Å². The molecule has 1 amide bonds. The van der Waals surface area contributed by atoms with Crippen LogP contribution in [0.1, 0.15) is 42.1 Å². The first-order valence-electron chi connectivity index (χ1n) is 7.03. The van der Waals surface area contributed by atoms with Gasteiger partial charge >= 0.3 is 6.18 Å². The van der Waals surface area contributed by atoms with Crippen LogP contribution in [-0.2, 0) is 0 Å². The number of anilines is 1. The number of amides is 1. The number of carbonyl (C=O) groups excluding carboxylic acids is 1. The highest BCUT2D eigenvalue weighted by molar-refractivity contribution is 5.99. The maximum absolute atomic E-state index is 12.0. The van der Waals surface area contributed by atoms with Gasteiger partial charge in [-0.15, -0.1) is 0 Å². The van der Waals surface area contributed by atoms with E-state index in [-0.39, 0.29) is 18.9 Å². The SMILES string of the molecule is CCNc1cc(C)ccc1C(=O)NCCCCC(F)(F)F. The number of rotatable bonds is 7. The largest absolute Gasteiger partial charge is 0.389 e. The van der Waals surface area contributed by atoms with Gasteiger partial charge in [0.15, 0.2) is 0 Å². The summed E-state index contributed by atoms with van der Waals surface area (Å²) >= 11 is 0. The normalized spacial score (nSPS) is 11.3. The van der Waals surface area contributed by atoms with Crippen molar-refractivity contribution in [3.05, 3.63) is 29.3 Å². The average molecular weight is 302 g/mol. The summed E-state index contributed by atoms with van der Waals surface area (Å²) in [5.41, 5.74) is 2.29. The molecule has 1 aromatic carbocycles. The Kier molecular flexibility index (Phi) is 6.52. The maximum Gasteiger partial charge on any atom is 0.389 e. The number of benzene rings is 1. The lowest BCUT2D eigenvalue weighted by Crippen LogP contribution is -2.25. The van der Waals surface area contributed by atoms with Gasteiger partial charge < -0.3 is 10.6 Å². The van der Waals surface area contributed by atoms with Crippen molar-refractivity contribution in [1.29, 1.82) is 0 Å². The van der Waals surface area contributed by atoms with Crippen LogP contribution in [-0.4, -0.2) is 25.2 Å². The quantitative estimate of drug-likeness (QED) is 0.750. The zero-order valence-corrected chi connectivity index (χ0v) is 12.3. The maximum atomic E-state index is 12.0. The monoisotopic (exact) mass is 302 g/mol. The number of halogens is 3. The van der Waals surface area contributed by atoms with E-state index in [9.17, 15) is 18.0 Å². The van der Waals surface area contributed by atoms with E-state index >= 15 is 0 Å². The zero-order valence-electron chi connectivity index (χ0n) is 12.3. The van der Waals surface area contributed by atoms with Crippen LogP contribution >= 0.6 is 0 Å². The summed E-state index contributed by atoms with van der Waals surface area (Å²) in [5.74, 6) is -0.266. The van der Waals surface area contributed by atoms with Gasteiger partial charge in [-0.25, -0.2) is 0 Å². The third kappa shape index (κ3) is 6.51. The summed E-state index contributed by atoms with van der Waals surface area (Å²) in [6, 6.07) is 5.43. The second-order valence-corrected chi connectivity index (χ2v) is 4.91. The van der Waals surface area contributed by atoms with E-state index in [1.165, 1.54) is 0 Å². The standard InChI is InChI=1S/C15H21F3N2O/c1-3-19-13-10-11(2)6-7-12(13)14(21)20-9-5-4-8-15(16,17)18/h6-7,10,19H,3-5,8-9H2,1-2H3,(H,20,21). The predicted octanol–water partition coefficient (Wildman–Crippen LogP) is 3.89. The van der Waals surface area contributed by atoms with Gasteiger partial charge in [0.1, 0.15) is 0 Å². The number of alkyl halides is 3. The predicted molar refractivity (Wildman–Crippen MR) is 77.6 cm³/mol. The highest BCUT2D eigenvalue weighted by Gasteiger charge is 2.25. The number of carbonyl (C=O) groups is 1. The zero-order chi connectivity index (χ0) is 15.9. The lowest BCUT2D eigenvalue weighted by Gasteiger charge is -2.12. The Hall–Kier alpha value is -1.72. The summed E-state index contributed by atoms with van der Waals surface area (Å²) in [6.45, 7) is 4.80. The van der Waals surface area contributed by atoms with Crippen LogP contribution in [0.15, 0.2) is 18.2 Å². The Morgan fingerprint density at radius 2 is 1.95 bits per heavy atom. The molecule has 0 spiro atoms. The van der Waals surface area contributed by atoms with Crippen LogP contribution in [0.3, 0.4) is 0 Å². The van der Waals surface area contributed by atoms with Crippen molar-refractivity contribution in [1.82, 2.24) is 5.32 Å². The fourth-order valence-electron chi connectivity index (χ4n) is 1.94. The van der Waals surface area contributed by atoms with Crippen molar-refractivity contribution >= 4 is 11.6 Å². The Morgan fingerprint density at radius 1 is 1.24 bits per heavy atom. The minimum atomic E-state index is -4.13. The smallest absolute Gasteiger partial charge is 0.385 e. The number of aryl methyl sites for hydroxylation is 1. The minimum Gasteiger partial charge on any atom is -0.385 e. The molecule has 6 heteroatoms. The molecule has 0 unspecified atom stereocenters. The van der Waals surface area contributed by atoms with Gasteiger partial charge in [-0.1, -0.05) is 6.07 Å². The summed E-state index contributed by atoms with van der Waals surface area (Å²) in [6.07, 6.45) is -4.60. The molecule has 1 rings (SSSR count). The van der Waals surface area contributed by atoms with Gasteiger partial charge in [0, 0.05) is 25.2 Å². The minimum absolute atomic E-state index is 0.0255. The van der Waals surface area contributed by atoms with Crippen molar-refractivity contribution in [2.45, 2.75) is 39.3 Å². The lowest BCUT2D eigenvalue weighted by molar-refractivity contribution is -0.135. The summed E-state index contributed by atoms with van der Waals surface area (Å²) in [4.78, 5) is 12.0.